The maximum Gasteiger partial charge on any atom is 0.262 e. The summed E-state index contributed by atoms with van der Waals surface area (Å²) in [5.74, 6) is 1.59. The van der Waals surface area contributed by atoms with Crippen LogP contribution in [0, 0.1) is 0 Å². The molecule has 0 spiro atoms. The van der Waals surface area contributed by atoms with E-state index in [-0.39, 0.29) is 5.56 Å². The second kappa shape index (κ2) is 6.26. The van der Waals surface area contributed by atoms with Gasteiger partial charge in [0.2, 0.25) is 0 Å². The molecular weight excluding hydrogens is 340 g/mol. The maximum atomic E-state index is 12.8. The Kier molecular flexibility index (Phi) is 4.10. The average molecular weight is 358 g/mol. The van der Waals surface area contributed by atoms with Crippen molar-refractivity contribution in [2.45, 2.75) is 30.2 Å². The van der Waals surface area contributed by atoms with E-state index in [0.717, 1.165) is 51.7 Å². The quantitative estimate of drug-likeness (QED) is 0.526. The number of para-hydroxylation sites is 1. The number of methoxy groups -OCH3 is 1. The molecule has 3 aromatic rings. The van der Waals surface area contributed by atoms with Gasteiger partial charge in [-0.05, 0) is 30.9 Å². The molecule has 0 N–H and O–H groups in total. The zero-order chi connectivity index (χ0) is 16.7. The normalized spacial score (nSPS) is 13.4. The molecule has 1 aliphatic carbocycles. The number of hydrogen-bond donors (Lipinski definition) is 0. The highest BCUT2D eigenvalue weighted by atomic mass is 32.2. The van der Waals surface area contributed by atoms with Crippen LogP contribution in [0.1, 0.15) is 22.4 Å². The van der Waals surface area contributed by atoms with Gasteiger partial charge in [0.05, 0.1) is 12.5 Å². The largest absolute Gasteiger partial charge is 0.496 e. The van der Waals surface area contributed by atoms with Gasteiger partial charge in [-0.2, -0.15) is 0 Å². The van der Waals surface area contributed by atoms with Crippen LogP contribution in [-0.4, -0.2) is 16.7 Å². The molecule has 24 heavy (non-hydrogen) atoms. The fourth-order valence-electron chi connectivity index (χ4n) is 3.20. The van der Waals surface area contributed by atoms with E-state index in [0.29, 0.717) is 0 Å². The number of fused-ring (bicyclic) bond motifs is 3. The van der Waals surface area contributed by atoms with E-state index in [1.54, 1.807) is 34.8 Å². The van der Waals surface area contributed by atoms with Crippen molar-refractivity contribution in [3.05, 3.63) is 50.6 Å². The maximum absolute atomic E-state index is 12.8. The molecule has 0 amide bonds. The molecule has 6 heteroatoms. The molecule has 0 radical (unpaired) electrons. The minimum absolute atomic E-state index is 0.0851. The first-order chi connectivity index (χ1) is 11.7. The molecule has 2 aromatic heterocycles. The average Bonchev–Trinajstić information content (AvgIpc) is 3.17. The summed E-state index contributed by atoms with van der Waals surface area (Å²) in [7, 11) is 3.50. The Morgan fingerprint density at radius 3 is 3.00 bits per heavy atom. The number of thioether (sulfide) groups is 1. The minimum Gasteiger partial charge on any atom is -0.496 e. The minimum atomic E-state index is 0.0851. The SMILES string of the molecule is COc1ccccc1CSc1nc2sc3c(c2c(=O)n1C)CCC3. The van der Waals surface area contributed by atoms with Gasteiger partial charge in [0.15, 0.2) is 5.16 Å². The molecule has 0 saturated heterocycles. The lowest BCUT2D eigenvalue weighted by Crippen LogP contribution is -2.20. The van der Waals surface area contributed by atoms with Crippen molar-refractivity contribution < 1.29 is 4.74 Å². The number of rotatable bonds is 4. The Bertz CT molecular complexity index is 975. The number of ether oxygens (including phenoxy) is 1. The molecule has 0 unspecified atom stereocenters. The van der Waals surface area contributed by atoms with Crippen LogP contribution < -0.4 is 10.3 Å². The third-order valence-electron chi connectivity index (χ3n) is 4.45. The zero-order valence-corrected chi connectivity index (χ0v) is 15.3. The lowest BCUT2D eigenvalue weighted by molar-refractivity contribution is 0.411. The Morgan fingerprint density at radius 1 is 1.33 bits per heavy atom. The third-order valence-corrected chi connectivity index (χ3v) is 6.72. The fraction of sp³-hybridized carbons (Fsp3) is 0.333. The van der Waals surface area contributed by atoms with Crippen LogP contribution >= 0.6 is 23.1 Å². The lowest BCUT2D eigenvalue weighted by atomic mass is 10.2. The van der Waals surface area contributed by atoms with Gasteiger partial charge in [-0.15, -0.1) is 11.3 Å². The molecule has 2 heterocycles. The highest BCUT2D eigenvalue weighted by Gasteiger charge is 2.22. The lowest BCUT2D eigenvalue weighted by Gasteiger charge is -2.10. The molecule has 4 nitrogen and oxygen atoms in total. The summed E-state index contributed by atoms with van der Waals surface area (Å²) in [6.07, 6.45) is 3.26. The van der Waals surface area contributed by atoms with Crippen molar-refractivity contribution in [2.24, 2.45) is 7.05 Å². The number of aromatic nitrogens is 2. The number of aryl methyl sites for hydroxylation is 2. The van der Waals surface area contributed by atoms with Crippen LogP contribution in [0.4, 0.5) is 0 Å². The van der Waals surface area contributed by atoms with Crippen molar-refractivity contribution in [2.75, 3.05) is 7.11 Å². The first-order valence-corrected chi connectivity index (χ1v) is 9.75. The molecule has 1 aliphatic rings. The van der Waals surface area contributed by atoms with E-state index in [1.165, 1.54) is 10.4 Å². The van der Waals surface area contributed by atoms with Crippen molar-refractivity contribution in [3.8, 4) is 5.75 Å². The van der Waals surface area contributed by atoms with Crippen molar-refractivity contribution in [1.29, 1.82) is 0 Å². The van der Waals surface area contributed by atoms with Crippen LogP contribution in [0.2, 0.25) is 0 Å². The van der Waals surface area contributed by atoms with Crippen LogP contribution in [0.3, 0.4) is 0 Å². The van der Waals surface area contributed by atoms with Gasteiger partial charge in [-0.1, -0.05) is 30.0 Å². The monoisotopic (exact) mass is 358 g/mol. The molecule has 0 fully saturated rings. The highest BCUT2D eigenvalue weighted by molar-refractivity contribution is 7.98. The van der Waals surface area contributed by atoms with Gasteiger partial charge in [0.1, 0.15) is 10.6 Å². The second-order valence-electron chi connectivity index (χ2n) is 5.90. The first kappa shape index (κ1) is 15.7. The van der Waals surface area contributed by atoms with Crippen molar-refractivity contribution in [1.82, 2.24) is 9.55 Å². The van der Waals surface area contributed by atoms with E-state index < -0.39 is 0 Å². The van der Waals surface area contributed by atoms with Crippen molar-refractivity contribution in [3.63, 3.8) is 0 Å². The van der Waals surface area contributed by atoms with Crippen LogP contribution in [-0.2, 0) is 25.6 Å². The Labute approximate surface area is 148 Å². The van der Waals surface area contributed by atoms with Gasteiger partial charge in [0.25, 0.3) is 5.56 Å². The molecule has 0 atom stereocenters. The van der Waals surface area contributed by atoms with Gasteiger partial charge < -0.3 is 4.74 Å². The molecular formula is C18H18N2O2S2. The Balaban J connectivity index is 1.70. The third kappa shape index (κ3) is 2.54. The molecule has 0 aliphatic heterocycles. The van der Waals surface area contributed by atoms with Gasteiger partial charge in [-0.3, -0.25) is 9.36 Å². The van der Waals surface area contributed by atoms with E-state index in [9.17, 15) is 4.79 Å². The Morgan fingerprint density at radius 2 is 2.17 bits per heavy atom. The highest BCUT2D eigenvalue weighted by Crippen LogP contribution is 2.36. The smallest absolute Gasteiger partial charge is 0.262 e. The van der Waals surface area contributed by atoms with Crippen LogP contribution in [0.25, 0.3) is 10.2 Å². The van der Waals surface area contributed by atoms with Crippen LogP contribution in [0.5, 0.6) is 5.75 Å². The topological polar surface area (TPSA) is 44.1 Å². The molecule has 4 rings (SSSR count). The van der Waals surface area contributed by atoms with Gasteiger partial charge in [-0.25, -0.2) is 4.98 Å². The number of thiophene rings is 1. The number of hydrogen-bond acceptors (Lipinski definition) is 5. The van der Waals surface area contributed by atoms with E-state index in [2.05, 4.69) is 0 Å². The standard InChI is InChI=1S/C18H18N2O2S2/c1-20-17(21)15-12-7-5-9-14(12)24-16(15)19-18(20)23-10-11-6-3-4-8-13(11)22-2/h3-4,6,8H,5,7,9-10H2,1-2H3. The summed E-state index contributed by atoms with van der Waals surface area (Å²) in [5.41, 5.74) is 2.43. The summed E-state index contributed by atoms with van der Waals surface area (Å²) in [4.78, 5) is 19.8. The summed E-state index contributed by atoms with van der Waals surface area (Å²) < 4.78 is 7.09. The predicted octanol–water partition coefficient (Wildman–Crippen LogP) is 3.78. The number of nitrogens with zero attached hydrogens (tertiary/aromatic N) is 2. The first-order valence-electron chi connectivity index (χ1n) is 7.95. The predicted molar refractivity (Wildman–Crippen MR) is 99.4 cm³/mol. The molecule has 1 aromatic carbocycles. The zero-order valence-electron chi connectivity index (χ0n) is 13.7. The second-order valence-corrected chi connectivity index (χ2v) is 7.92. The van der Waals surface area contributed by atoms with E-state index >= 15 is 0 Å². The van der Waals surface area contributed by atoms with Crippen LogP contribution in [0.15, 0.2) is 34.2 Å². The fourth-order valence-corrected chi connectivity index (χ4v) is 5.46. The molecule has 0 bridgehead atoms. The summed E-state index contributed by atoms with van der Waals surface area (Å²) in [6, 6.07) is 7.95. The van der Waals surface area contributed by atoms with Crippen molar-refractivity contribution >= 4 is 33.3 Å². The summed E-state index contributed by atoms with van der Waals surface area (Å²) in [6.45, 7) is 0. The summed E-state index contributed by atoms with van der Waals surface area (Å²) >= 11 is 3.27. The Hall–Kier alpha value is -1.79. The molecule has 0 saturated carbocycles. The van der Waals surface area contributed by atoms with Gasteiger partial charge in [0, 0.05) is 23.2 Å². The summed E-state index contributed by atoms with van der Waals surface area (Å²) in [5, 5.41) is 1.61. The molecule has 124 valence electrons. The van der Waals surface area contributed by atoms with E-state index in [1.807, 2.05) is 31.3 Å². The number of benzene rings is 1. The van der Waals surface area contributed by atoms with Gasteiger partial charge >= 0.3 is 0 Å². The van der Waals surface area contributed by atoms with E-state index in [4.69, 9.17) is 9.72 Å².